The second kappa shape index (κ2) is 7.16. The minimum absolute atomic E-state index is 0.128. The summed E-state index contributed by atoms with van der Waals surface area (Å²) in [6.07, 6.45) is 1.39. The van der Waals surface area contributed by atoms with E-state index in [0.29, 0.717) is 33.6 Å². The van der Waals surface area contributed by atoms with Crippen LogP contribution in [0, 0.1) is 6.92 Å². The van der Waals surface area contributed by atoms with E-state index in [1.54, 1.807) is 6.07 Å². The number of carbonyl (C=O) groups is 1. The highest BCUT2D eigenvalue weighted by Gasteiger charge is 2.12. The lowest BCUT2D eigenvalue weighted by atomic mass is 10.3. The normalized spacial score (nSPS) is 11.1. The Hall–Kier alpha value is -2.17. The fourth-order valence-electron chi connectivity index (χ4n) is 2.06. The van der Waals surface area contributed by atoms with E-state index in [4.69, 9.17) is 4.74 Å². The van der Waals surface area contributed by atoms with Gasteiger partial charge >= 0.3 is 0 Å². The smallest absolute Gasteiger partial charge is 0.262 e. The Morgan fingerprint density at radius 3 is 3.00 bits per heavy atom. The molecule has 0 aliphatic rings. The third kappa shape index (κ3) is 3.66. The lowest BCUT2D eigenvalue weighted by Gasteiger charge is -2.04. The molecule has 3 rings (SSSR count). The van der Waals surface area contributed by atoms with Gasteiger partial charge < -0.3 is 4.74 Å². The Bertz CT molecular complexity index is 930. The fraction of sp³-hybridized carbons (Fsp3) is 0.357. The van der Waals surface area contributed by atoms with E-state index in [1.807, 2.05) is 13.8 Å². The molecule has 0 aliphatic heterocycles. The van der Waals surface area contributed by atoms with Crippen molar-refractivity contribution in [1.82, 2.24) is 19.7 Å². The second-order valence-corrected chi connectivity index (χ2v) is 7.24. The third-order valence-corrected chi connectivity index (χ3v) is 4.87. The minimum atomic E-state index is -0.357. The van der Waals surface area contributed by atoms with Crippen molar-refractivity contribution >= 4 is 43.9 Å². The van der Waals surface area contributed by atoms with E-state index < -0.39 is 0 Å². The molecule has 0 fully saturated rings. The molecule has 3 aromatic heterocycles. The average Bonchev–Trinajstić information content (AvgIpc) is 3.14. The standard InChI is InChI=1S/C14H15N5O3S2/c1-3-22-6-11-17-18-14(24-11)16-10(20)5-19-7-15-12-9(13(19)21)4-8(2)23-12/h4,7H,3,5-6H2,1-2H3,(H,16,18,20). The summed E-state index contributed by atoms with van der Waals surface area (Å²) in [6, 6.07) is 1.79. The number of fused-ring (bicyclic) bond motifs is 1. The quantitative estimate of drug-likeness (QED) is 0.715. The molecule has 3 aromatic rings. The number of ether oxygens (including phenoxy) is 1. The molecular weight excluding hydrogens is 350 g/mol. The summed E-state index contributed by atoms with van der Waals surface area (Å²) >= 11 is 2.69. The van der Waals surface area contributed by atoms with E-state index in [1.165, 1.54) is 33.6 Å². The molecule has 0 unspecified atom stereocenters. The molecule has 10 heteroatoms. The number of carbonyl (C=O) groups excluding carboxylic acids is 1. The van der Waals surface area contributed by atoms with Gasteiger partial charge in [-0.05, 0) is 19.9 Å². The number of nitrogens with zero attached hydrogens (tertiary/aromatic N) is 4. The number of thiophene rings is 1. The molecule has 8 nitrogen and oxygen atoms in total. The van der Waals surface area contributed by atoms with Crippen LogP contribution in [-0.2, 0) is 22.7 Å². The maximum Gasteiger partial charge on any atom is 0.262 e. The fourth-order valence-corrected chi connectivity index (χ4v) is 3.59. The molecule has 0 radical (unpaired) electrons. The largest absolute Gasteiger partial charge is 0.374 e. The topological polar surface area (TPSA) is 99.0 Å². The van der Waals surface area contributed by atoms with Gasteiger partial charge in [0.05, 0.1) is 11.7 Å². The second-order valence-electron chi connectivity index (χ2n) is 4.94. The lowest BCUT2D eigenvalue weighted by Crippen LogP contribution is -2.27. The van der Waals surface area contributed by atoms with Gasteiger partial charge in [-0.3, -0.25) is 19.5 Å². The van der Waals surface area contributed by atoms with Gasteiger partial charge in [0.1, 0.15) is 23.0 Å². The molecular formula is C14H15N5O3S2. The molecule has 0 saturated carbocycles. The van der Waals surface area contributed by atoms with Crippen LogP contribution >= 0.6 is 22.7 Å². The van der Waals surface area contributed by atoms with Gasteiger partial charge in [-0.15, -0.1) is 21.5 Å². The maximum atomic E-state index is 12.4. The summed E-state index contributed by atoms with van der Waals surface area (Å²) in [5, 5.41) is 12.0. The van der Waals surface area contributed by atoms with Crippen LogP contribution in [-0.4, -0.2) is 32.3 Å². The van der Waals surface area contributed by atoms with Crippen molar-refractivity contribution in [3.8, 4) is 0 Å². The number of aromatic nitrogens is 4. The molecule has 0 aromatic carbocycles. The van der Waals surface area contributed by atoms with Crippen LogP contribution in [0.4, 0.5) is 5.13 Å². The minimum Gasteiger partial charge on any atom is -0.374 e. The number of anilines is 1. The number of amides is 1. The molecule has 0 aliphatic carbocycles. The lowest BCUT2D eigenvalue weighted by molar-refractivity contribution is -0.116. The summed E-state index contributed by atoms with van der Waals surface area (Å²) in [6.45, 7) is 4.62. The summed E-state index contributed by atoms with van der Waals surface area (Å²) in [5.74, 6) is -0.357. The van der Waals surface area contributed by atoms with Gasteiger partial charge in [0.25, 0.3) is 5.56 Å². The molecule has 3 heterocycles. The van der Waals surface area contributed by atoms with Crippen molar-refractivity contribution in [1.29, 1.82) is 0 Å². The SMILES string of the molecule is CCOCc1nnc(NC(=O)Cn2cnc3sc(C)cc3c2=O)s1. The predicted molar refractivity (Wildman–Crippen MR) is 92.5 cm³/mol. The first-order valence-corrected chi connectivity index (χ1v) is 8.85. The van der Waals surface area contributed by atoms with Crippen molar-refractivity contribution in [3.63, 3.8) is 0 Å². The molecule has 126 valence electrons. The van der Waals surface area contributed by atoms with Crippen LogP contribution in [0.15, 0.2) is 17.2 Å². The molecule has 0 bridgehead atoms. The molecule has 1 amide bonds. The molecule has 1 N–H and O–H groups in total. The van der Waals surface area contributed by atoms with E-state index in [0.717, 1.165) is 4.88 Å². The first-order valence-electron chi connectivity index (χ1n) is 7.22. The number of hydrogen-bond acceptors (Lipinski definition) is 8. The number of rotatable bonds is 6. The molecule has 24 heavy (non-hydrogen) atoms. The van der Waals surface area contributed by atoms with Gasteiger partial charge in [-0.1, -0.05) is 11.3 Å². The Kier molecular flexibility index (Phi) is 4.97. The third-order valence-electron chi connectivity index (χ3n) is 3.10. The van der Waals surface area contributed by atoms with Crippen LogP contribution in [0.2, 0.25) is 0 Å². The van der Waals surface area contributed by atoms with Gasteiger partial charge in [0.2, 0.25) is 11.0 Å². The Labute approximate surface area is 145 Å². The Morgan fingerprint density at radius 2 is 2.21 bits per heavy atom. The Morgan fingerprint density at radius 1 is 1.38 bits per heavy atom. The summed E-state index contributed by atoms with van der Waals surface area (Å²) < 4.78 is 6.52. The van der Waals surface area contributed by atoms with E-state index in [9.17, 15) is 9.59 Å². The number of nitrogens with one attached hydrogen (secondary N) is 1. The van der Waals surface area contributed by atoms with Crippen molar-refractivity contribution < 1.29 is 9.53 Å². The van der Waals surface area contributed by atoms with Crippen LogP contribution in [0.5, 0.6) is 0 Å². The zero-order valence-corrected chi connectivity index (χ0v) is 14.7. The van der Waals surface area contributed by atoms with Crippen LogP contribution in [0.25, 0.3) is 10.2 Å². The number of hydrogen-bond donors (Lipinski definition) is 1. The van der Waals surface area contributed by atoms with Crippen LogP contribution in [0.3, 0.4) is 0 Å². The summed E-state index contributed by atoms with van der Waals surface area (Å²) in [5.41, 5.74) is -0.228. The highest BCUT2D eigenvalue weighted by atomic mass is 32.1. The predicted octanol–water partition coefficient (Wildman–Crippen LogP) is 1.79. The monoisotopic (exact) mass is 365 g/mol. The first-order chi connectivity index (χ1) is 11.6. The van der Waals surface area contributed by atoms with Crippen molar-refractivity contribution in [2.75, 3.05) is 11.9 Å². The van der Waals surface area contributed by atoms with E-state index in [2.05, 4.69) is 20.5 Å². The molecule has 0 saturated heterocycles. The highest BCUT2D eigenvalue weighted by Crippen LogP contribution is 2.19. The van der Waals surface area contributed by atoms with Gasteiger partial charge in [-0.25, -0.2) is 4.98 Å². The molecule has 0 spiro atoms. The van der Waals surface area contributed by atoms with Crippen LogP contribution in [0.1, 0.15) is 16.8 Å². The summed E-state index contributed by atoms with van der Waals surface area (Å²) in [4.78, 5) is 30.4. The average molecular weight is 365 g/mol. The van der Waals surface area contributed by atoms with Crippen molar-refractivity contribution in [2.45, 2.75) is 27.0 Å². The zero-order valence-electron chi connectivity index (χ0n) is 13.1. The summed E-state index contributed by atoms with van der Waals surface area (Å²) in [7, 11) is 0. The first kappa shape index (κ1) is 16.7. The number of aryl methyl sites for hydroxylation is 1. The highest BCUT2D eigenvalue weighted by molar-refractivity contribution is 7.18. The maximum absolute atomic E-state index is 12.4. The Balaban J connectivity index is 1.69. The van der Waals surface area contributed by atoms with E-state index in [-0.39, 0.29) is 18.0 Å². The van der Waals surface area contributed by atoms with E-state index >= 15 is 0 Å². The zero-order chi connectivity index (χ0) is 17.1. The van der Waals surface area contributed by atoms with Crippen molar-refractivity contribution in [2.24, 2.45) is 0 Å². The van der Waals surface area contributed by atoms with Gasteiger partial charge in [0, 0.05) is 11.5 Å². The van der Waals surface area contributed by atoms with Gasteiger partial charge in [-0.2, -0.15) is 0 Å². The van der Waals surface area contributed by atoms with Crippen molar-refractivity contribution in [3.05, 3.63) is 32.6 Å². The molecule has 0 atom stereocenters. The van der Waals surface area contributed by atoms with Crippen LogP contribution < -0.4 is 10.9 Å². The van der Waals surface area contributed by atoms with Gasteiger partial charge in [0.15, 0.2) is 0 Å².